The first kappa shape index (κ1) is 13.7. The number of thiophene rings is 1. The summed E-state index contributed by atoms with van der Waals surface area (Å²) in [4.78, 5) is 23.1. The molecule has 1 aromatic heterocycles. The van der Waals surface area contributed by atoms with E-state index in [2.05, 4.69) is 15.4 Å². The van der Waals surface area contributed by atoms with Crippen LogP contribution in [0.4, 0.5) is 5.69 Å². The zero-order chi connectivity index (χ0) is 12.8. The maximum Gasteiger partial charge on any atom is 0.322 e. The molecular formula is C11H16N2O3S. The Bertz CT molecular complexity index is 403. The molecule has 0 fully saturated rings. The van der Waals surface area contributed by atoms with E-state index >= 15 is 0 Å². The molecule has 0 saturated carbocycles. The minimum atomic E-state index is -0.368. The van der Waals surface area contributed by atoms with Crippen LogP contribution in [0.25, 0.3) is 0 Å². The number of carbonyl (C=O) groups excluding carboxylic acids is 2. The highest BCUT2D eigenvalue weighted by molar-refractivity contribution is 7.10. The summed E-state index contributed by atoms with van der Waals surface area (Å²) in [5.74, 6) is -0.409. The van der Waals surface area contributed by atoms with Crippen molar-refractivity contribution in [3.05, 3.63) is 16.3 Å². The second-order valence-electron chi connectivity index (χ2n) is 3.56. The third kappa shape index (κ3) is 4.16. The van der Waals surface area contributed by atoms with Crippen LogP contribution in [-0.4, -0.2) is 25.0 Å². The van der Waals surface area contributed by atoms with Crippen LogP contribution in [0.1, 0.15) is 18.7 Å². The first-order valence-corrected chi connectivity index (χ1v) is 6.07. The van der Waals surface area contributed by atoms with Crippen LogP contribution in [0.15, 0.2) is 11.4 Å². The van der Waals surface area contributed by atoms with Crippen LogP contribution in [0.5, 0.6) is 0 Å². The number of esters is 1. The molecule has 0 saturated heterocycles. The molecule has 5 nitrogen and oxygen atoms in total. The maximum atomic E-state index is 11.2. The molecule has 0 aliphatic heterocycles. The van der Waals surface area contributed by atoms with Gasteiger partial charge in [-0.1, -0.05) is 0 Å². The quantitative estimate of drug-likeness (QED) is 0.781. The summed E-state index contributed by atoms with van der Waals surface area (Å²) < 4.78 is 4.61. The van der Waals surface area contributed by atoms with E-state index in [4.69, 9.17) is 0 Å². The molecule has 0 radical (unpaired) electrons. The maximum absolute atomic E-state index is 11.2. The van der Waals surface area contributed by atoms with Crippen LogP contribution >= 0.6 is 11.3 Å². The summed E-state index contributed by atoms with van der Waals surface area (Å²) >= 11 is 1.52. The van der Waals surface area contributed by atoms with Gasteiger partial charge in [0.15, 0.2) is 0 Å². The highest BCUT2D eigenvalue weighted by atomic mass is 32.1. The van der Waals surface area contributed by atoms with Crippen molar-refractivity contribution in [1.29, 1.82) is 0 Å². The zero-order valence-electron chi connectivity index (χ0n) is 10.1. The molecule has 0 unspecified atom stereocenters. The average Bonchev–Trinajstić information content (AvgIpc) is 2.71. The number of hydrogen-bond donors (Lipinski definition) is 2. The summed E-state index contributed by atoms with van der Waals surface area (Å²) in [7, 11) is 1.36. The molecule has 0 spiro atoms. The molecule has 0 aliphatic carbocycles. The van der Waals surface area contributed by atoms with E-state index in [9.17, 15) is 9.59 Å². The Balaban J connectivity index is 2.54. The molecule has 0 aliphatic rings. The lowest BCUT2D eigenvalue weighted by Crippen LogP contribution is -2.34. The van der Waals surface area contributed by atoms with Crippen molar-refractivity contribution >= 4 is 28.9 Å². The molecule has 0 aromatic carbocycles. The van der Waals surface area contributed by atoms with Crippen LogP contribution in [0.3, 0.4) is 0 Å². The van der Waals surface area contributed by atoms with Gasteiger partial charge in [-0.15, -0.1) is 11.3 Å². The van der Waals surface area contributed by atoms with Gasteiger partial charge in [-0.3, -0.25) is 14.9 Å². The van der Waals surface area contributed by atoms with Crippen LogP contribution < -0.4 is 10.6 Å². The number of carbonyl (C=O) groups is 2. The van der Waals surface area contributed by atoms with Crippen molar-refractivity contribution in [2.75, 3.05) is 12.4 Å². The molecule has 2 N–H and O–H groups in total. The molecule has 0 bridgehead atoms. The monoisotopic (exact) mass is 256 g/mol. The second-order valence-corrected chi connectivity index (χ2v) is 4.57. The molecule has 1 atom stereocenters. The number of amides is 1. The van der Waals surface area contributed by atoms with E-state index in [0.29, 0.717) is 6.54 Å². The van der Waals surface area contributed by atoms with E-state index in [-0.39, 0.29) is 17.9 Å². The minimum Gasteiger partial charge on any atom is -0.468 e. The molecule has 1 amide bonds. The largest absolute Gasteiger partial charge is 0.468 e. The van der Waals surface area contributed by atoms with E-state index in [1.54, 1.807) is 6.92 Å². The molecule has 6 heteroatoms. The summed E-state index contributed by atoms with van der Waals surface area (Å²) in [6, 6.07) is 1.47. The molecule has 94 valence electrons. The van der Waals surface area contributed by atoms with Gasteiger partial charge in [0.2, 0.25) is 5.91 Å². The van der Waals surface area contributed by atoms with Gasteiger partial charge in [0.25, 0.3) is 0 Å². The Morgan fingerprint density at radius 1 is 1.53 bits per heavy atom. The van der Waals surface area contributed by atoms with Crippen molar-refractivity contribution in [1.82, 2.24) is 5.32 Å². The number of rotatable bonds is 5. The highest BCUT2D eigenvalue weighted by Crippen LogP contribution is 2.22. The third-order valence-electron chi connectivity index (χ3n) is 2.18. The smallest absolute Gasteiger partial charge is 0.322 e. The summed E-state index contributed by atoms with van der Waals surface area (Å²) in [6.07, 6.45) is 0. The van der Waals surface area contributed by atoms with Gasteiger partial charge in [0.05, 0.1) is 12.8 Å². The summed E-state index contributed by atoms with van der Waals surface area (Å²) in [5.41, 5.74) is 0.784. The van der Waals surface area contributed by atoms with E-state index in [1.807, 2.05) is 11.4 Å². The lowest BCUT2D eigenvalue weighted by molar-refractivity contribution is -0.142. The molecular weight excluding hydrogens is 240 g/mol. The van der Waals surface area contributed by atoms with E-state index < -0.39 is 0 Å². The molecule has 17 heavy (non-hydrogen) atoms. The van der Waals surface area contributed by atoms with Crippen molar-refractivity contribution in [2.24, 2.45) is 0 Å². The van der Waals surface area contributed by atoms with Gasteiger partial charge in [-0.05, 0) is 18.4 Å². The Kier molecular flexibility index (Phi) is 5.11. The third-order valence-corrected chi connectivity index (χ3v) is 3.10. The molecule has 1 aromatic rings. The Morgan fingerprint density at radius 2 is 2.24 bits per heavy atom. The van der Waals surface area contributed by atoms with E-state index in [1.165, 1.54) is 25.4 Å². The fraction of sp³-hybridized carbons (Fsp3) is 0.455. The van der Waals surface area contributed by atoms with E-state index in [0.717, 1.165) is 10.6 Å². The van der Waals surface area contributed by atoms with Crippen molar-refractivity contribution < 1.29 is 14.3 Å². The van der Waals surface area contributed by atoms with Gasteiger partial charge in [-0.2, -0.15) is 0 Å². The highest BCUT2D eigenvalue weighted by Gasteiger charge is 2.13. The van der Waals surface area contributed by atoms with Crippen LogP contribution in [0.2, 0.25) is 0 Å². The van der Waals surface area contributed by atoms with Crippen LogP contribution in [0, 0.1) is 0 Å². The van der Waals surface area contributed by atoms with Gasteiger partial charge in [0, 0.05) is 18.3 Å². The molecule has 1 heterocycles. The minimum absolute atomic E-state index is 0.106. The first-order valence-electron chi connectivity index (χ1n) is 5.19. The molecule has 1 rings (SSSR count). The Labute approximate surface area is 104 Å². The standard InChI is InChI=1S/C11H16N2O3S/c1-7(11(15)16-3)12-6-10-9(4-5-17-10)13-8(2)14/h4-5,7,12H,6H2,1-3H3,(H,13,14)/t7-/m0/s1. The van der Waals surface area contributed by atoms with Crippen molar-refractivity contribution in [2.45, 2.75) is 26.4 Å². The number of hydrogen-bond acceptors (Lipinski definition) is 5. The summed E-state index contributed by atoms with van der Waals surface area (Å²) in [6.45, 7) is 3.72. The number of methoxy groups -OCH3 is 1. The van der Waals surface area contributed by atoms with Gasteiger partial charge >= 0.3 is 5.97 Å². The van der Waals surface area contributed by atoms with Gasteiger partial charge in [0.1, 0.15) is 6.04 Å². The topological polar surface area (TPSA) is 67.4 Å². The normalized spacial score (nSPS) is 11.9. The number of nitrogens with one attached hydrogen (secondary N) is 2. The zero-order valence-corrected chi connectivity index (χ0v) is 10.9. The van der Waals surface area contributed by atoms with Gasteiger partial charge in [-0.25, -0.2) is 0 Å². The van der Waals surface area contributed by atoms with Crippen molar-refractivity contribution in [3.63, 3.8) is 0 Å². The number of anilines is 1. The summed E-state index contributed by atoms with van der Waals surface area (Å²) in [5, 5.41) is 7.66. The average molecular weight is 256 g/mol. The fourth-order valence-electron chi connectivity index (χ4n) is 1.28. The lowest BCUT2D eigenvalue weighted by Gasteiger charge is -2.11. The number of ether oxygens (including phenoxy) is 1. The predicted octanol–water partition coefficient (Wildman–Crippen LogP) is 1.36. The lowest BCUT2D eigenvalue weighted by atomic mass is 10.3. The van der Waals surface area contributed by atoms with Crippen molar-refractivity contribution in [3.8, 4) is 0 Å². The van der Waals surface area contributed by atoms with Gasteiger partial charge < -0.3 is 10.1 Å². The SMILES string of the molecule is COC(=O)[C@H](C)NCc1sccc1NC(C)=O. The fourth-order valence-corrected chi connectivity index (χ4v) is 2.07. The predicted molar refractivity (Wildman–Crippen MR) is 66.9 cm³/mol. The van der Waals surface area contributed by atoms with Crippen LogP contribution in [-0.2, 0) is 20.9 Å². The second kappa shape index (κ2) is 6.36. The first-order chi connectivity index (χ1) is 8.04. The Morgan fingerprint density at radius 3 is 2.82 bits per heavy atom. The Hall–Kier alpha value is -1.40.